The second-order valence-corrected chi connectivity index (χ2v) is 3.19. The molecule has 0 radical (unpaired) electrons. The molecule has 2 unspecified atom stereocenters. The lowest BCUT2D eigenvalue weighted by Crippen LogP contribution is -2.41. The largest absolute Gasteiger partial charge is 0.479 e. The van der Waals surface area contributed by atoms with Crippen LogP contribution in [0.1, 0.15) is 20.3 Å². The molecule has 13 heavy (non-hydrogen) atoms. The molecule has 0 aromatic rings. The van der Waals surface area contributed by atoms with Crippen molar-refractivity contribution in [2.45, 2.75) is 32.0 Å². The van der Waals surface area contributed by atoms with Crippen molar-refractivity contribution < 1.29 is 19.7 Å². The number of aliphatic carboxylic acids is 1. The third-order valence-electron chi connectivity index (χ3n) is 1.66. The summed E-state index contributed by atoms with van der Waals surface area (Å²) < 4.78 is 5.07. The summed E-state index contributed by atoms with van der Waals surface area (Å²) in [6, 6.07) is 0. The number of carboxylic acid groups (broad SMARTS) is 1. The van der Waals surface area contributed by atoms with Crippen molar-refractivity contribution in [1.29, 1.82) is 0 Å². The Bertz CT molecular complexity index is 188. The maximum Gasteiger partial charge on any atom is 0.335 e. The number of carbonyl (C=O) groups is 1. The van der Waals surface area contributed by atoms with Crippen LogP contribution >= 0.6 is 0 Å². The van der Waals surface area contributed by atoms with Gasteiger partial charge < -0.3 is 14.9 Å². The molecule has 0 aliphatic rings. The van der Waals surface area contributed by atoms with E-state index < -0.39 is 17.7 Å². The zero-order chi connectivity index (χ0) is 10.5. The molecule has 0 bridgehead atoms. The molecular formula is C9H16O4. The van der Waals surface area contributed by atoms with Gasteiger partial charge in [-0.1, -0.05) is 6.08 Å². The lowest BCUT2D eigenvalue weighted by Gasteiger charge is -2.25. The Morgan fingerprint density at radius 2 is 2.31 bits per heavy atom. The van der Waals surface area contributed by atoms with Crippen LogP contribution in [0, 0.1) is 0 Å². The molecular weight excluding hydrogens is 172 g/mol. The highest BCUT2D eigenvalue weighted by molar-refractivity contribution is 5.76. The fourth-order valence-electron chi connectivity index (χ4n) is 1.01. The summed E-state index contributed by atoms with van der Waals surface area (Å²) in [7, 11) is 0. The van der Waals surface area contributed by atoms with E-state index in [1.54, 1.807) is 0 Å². The fourth-order valence-corrected chi connectivity index (χ4v) is 1.01. The van der Waals surface area contributed by atoms with Gasteiger partial charge in [0.25, 0.3) is 0 Å². The molecule has 0 heterocycles. The van der Waals surface area contributed by atoms with Crippen molar-refractivity contribution in [1.82, 2.24) is 0 Å². The number of ether oxygens (including phenoxy) is 1. The van der Waals surface area contributed by atoms with Gasteiger partial charge in [-0.25, -0.2) is 4.79 Å². The van der Waals surface area contributed by atoms with Crippen molar-refractivity contribution in [2.24, 2.45) is 0 Å². The quantitative estimate of drug-likeness (QED) is 0.605. The van der Waals surface area contributed by atoms with E-state index in [0.29, 0.717) is 0 Å². The number of rotatable bonds is 6. The van der Waals surface area contributed by atoms with Crippen LogP contribution in [-0.2, 0) is 9.53 Å². The molecule has 0 amide bonds. The Morgan fingerprint density at radius 3 is 2.62 bits per heavy atom. The summed E-state index contributed by atoms with van der Waals surface area (Å²) >= 11 is 0. The number of hydrogen-bond donors (Lipinski definition) is 2. The van der Waals surface area contributed by atoms with Crippen LogP contribution in [0.4, 0.5) is 0 Å². The normalized spacial score (nSPS) is 17.5. The zero-order valence-corrected chi connectivity index (χ0v) is 7.99. The van der Waals surface area contributed by atoms with E-state index in [0.717, 1.165) is 0 Å². The molecule has 0 aromatic carbocycles. The number of hydrogen-bond acceptors (Lipinski definition) is 3. The van der Waals surface area contributed by atoms with Gasteiger partial charge in [-0.3, -0.25) is 0 Å². The van der Waals surface area contributed by atoms with Gasteiger partial charge in [-0.15, -0.1) is 6.58 Å². The van der Waals surface area contributed by atoms with Gasteiger partial charge in [-0.05, 0) is 13.8 Å². The highest BCUT2D eigenvalue weighted by Gasteiger charge is 2.35. The maximum atomic E-state index is 10.8. The van der Waals surface area contributed by atoms with Crippen LogP contribution in [0.15, 0.2) is 12.7 Å². The molecule has 4 heteroatoms. The summed E-state index contributed by atoms with van der Waals surface area (Å²) in [5.74, 6) is -1.07. The van der Waals surface area contributed by atoms with Gasteiger partial charge in [0.2, 0.25) is 0 Å². The number of carboxylic acids is 1. The molecule has 0 saturated heterocycles. The van der Waals surface area contributed by atoms with E-state index in [4.69, 9.17) is 14.9 Å². The third-order valence-corrected chi connectivity index (χ3v) is 1.66. The average Bonchev–Trinajstić information content (AvgIpc) is 1.99. The molecule has 0 spiro atoms. The fraction of sp³-hybridized carbons (Fsp3) is 0.667. The van der Waals surface area contributed by atoms with Gasteiger partial charge in [0.15, 0.2) is 5.60 Å². The molecule has 4 nitrogen and oxygen atoms in total. The Balaban J connectivity index is 4.33. The van der Waals surface area contributed by atoms with Crippen LogP contribution in [0.3, 0.4) is 0 Å². The molecule has 76 valence electrons. The summed E-state index contributed by atoms with van der Waals surface area (Å²) in [5, 5.41) is 17.9. The van der Waals surface area contributed by atoms with E-state index in [2.05, 4.69) is 6.58 Å². The van der Waals surface area contributed by atoms with Gasteiger partial charge in [-0.2, -0.15) is 0 Å². The van der Waals surface area contributed by atoms with E-state index in [1.807, 2.05) is 0 Å². The van der Waals surface area contributed by atoms with Crippen LogP contribution < -0.4 is 0 Å². The van der Waals surface area contributed by atoms with Crippen LogP contribution in [-0.4, -0.2) is 34.5 Å². The molecule has 0 fully saturated rings. The first kappa shape index (κ1) is 12.1. The minimum absolute atomic E-state index is 0.0656. The first-order valence-corrected chi connectivity index (χ1v) is 4.08. The van der Waals surface area contributed by atoms with Gasteiger partial charge in [0.05, 0.1) is 12.7 Å². The predicted octanol–water partition coefficient (Wildman–Crippen LogP) is 0.803. The highest BCUT2D eigenvalue weighted by atomic mass is 16.5. The predicted molar refractivity (Wildman–Crippen MR) is 48.5 cm³/mol. The Labute approximate surface area is 77.8 Å². The van der Waals surface area contributed by atoms with Crippen molar-refractivity contribution in [2.75, 3.05) is 6.61 Å². The Hall–Kier alpha value is -0.870. The molecule has 2 atom stereocenters. The monoisotopic (exact) mass is 188 g/mol. The zero-order valence-electron chi connectivity index (χ0n) is 7.99. The molecule has 2 N–H and O–H groups in total. The minimum atomic E-state index is -1.33. The van der Waals surface area contributed by atoms with E-state index >= 15 is 0 Å². The maximum absolute atomic E-state index is 10.8. The van der Waals surface area contributed by atoms with Gasteiger partial charge in [0, 0.05) is 6.42 Å². The standard InChI is InChI=1S/C9H16O4/c1-4-5-13-9(3,8(11)12)6-7(2)10/h4,7,10H,1,5-6H2,2-3H3,(H,11,12). The second kappa shape index (κ2) is 4.99. The molecule has 0 aromatic heterocycles. The molecule has 0 rings (SSSR count). The lowest BCUT2D eigenvalue weighted by molar-refractivity contribution is -0.165. The van der Waals surface area contributed by atoms with E-state index in [1.165, 1.54) is 19.9 Å². The van der Waals surface area contributed by atoms with Crippen molar-refractivity contribution in [3.05, 3.63) is 12.7 Å². The van der Waals surface area contributed by atoms with Crippen LogP contribution in [0.2, 0.25) is 0 Å². The van der Waals surface area contributed by atoms with Crippen molar-refractivity contribution >= 4 is 5.97 Å². The van der Waals surface area contributed by atoms with Crippen LogP contribution in [0.25, 0.3) is 0 Å². The topological polar surface area (TPSA) is 66.8 Å². The number of aliphatic hydroxyl groups excluding tert-OH is 1. The van der Waals surface area contributed by atoms with Crippen LogP contribution in [0.5, 0.6) is 0 Å². The van der Waals surface area contributed by atoms with E-state index in [9.17, 15) is 4.79 Å². The second-order valence-electron chi connectivity index (χ2n) is 3.19. The summed E-state index contributed by atoms with van der Waals surface area (Å²) in [5.41, 5.74) is -1.33. The molecule has 0 aliphatic heterocycles. The van der Waals surface area contributed by atoms with Gasteiger partial charge >= 0.3 is 5.97 Å². The van der Waals surface area contributed by atoms with E-state index in [-0.39, 0.29) is 13.0 Å². The summed E-state index contributed by atoms with van der Waals surface area (Å²) in [6.07, 6.45) is 0.838. The Kier molecular flexibility index (Phi) is 4.66. The lowest BCUT2D eigenvalue weighted by atomic mass is 9.99. The molecule has 0 aliphatic carbocycles. The summed E-state index contributed by atoms with van der Waals surface area (Å²) in [4.78, 5) is 10.8. The first-order chi connectivity index (χ1) is 5.92. The third kappa shape index (κ3) is 4.05. The Morgan fingerprint density at radius 1 is 1.77 bits per heavy atom. The first-order valence-electron chi connectivity index (χ1n) is 4.08. The average molecular weight is 188 g/mol. The molecule has 0 saturated carbocycles. The highest BCUT2D eigenvalue weighted by Crippen LogP contribution is 2.18. The minimum Gasteiger partial charge on any atom is -0.479 e. The smallest absolute Gasteiger partial charge is 0.335 e. The summed E-state index contributed by atoms with van der Waals surface area (Å²) in [6.45, 7) is 6.55. The SMILES string of the molecule is C=CCOC(C)(CC(C)O)C(=O)O. The van der Waals surface area contributed by atoms with Crippen molar-refractivity contribution in [3.8, 4) is 0 Å². The number of aliphatic hydroxyl groups is 1. The van der Waals surface area contributed by atoms with Gasteiger partial charge in [0.1, 0.15) is 0 Å². The van der Waals surface area contributed by atoms with Crippen molar-refractivity contribution in [3.63, 3.8) is 0 Å².